The highest BCUT2D eigenvalue weighted by Gasteiger charge is 2.17. The van der Waals surface area contributed by atoms with Gasteiger partial charge in [0.25, 0.3) is 5.56 Å². The molecule has 126 valence electrons. The van der Waals surface area contributed by atoms with E-state index in [9.17, 15) is 9.18 Å². The number of hydrogen-bond donors (Lipinski definition) is 1. The number of nitrogens with one attached hydrogen (secondary N) is 1. The van der Waals surface area contributed by atoms with Gasteiger partial charge < -0.3 is 5.32 Å². The Bertz CT molecular complexity index is 911. The third kappa shape index (κ3) is 2.84. The number of fused-ring (bicyclic) bond motifs is 1. The molecule has 2 heterocycles. The summed E-state index contributed by atoms with van der Waals surface area (Å²) in [5, 5.41) is 3.95. The second kappa shape index (κ2) is 6.55. The molecule has 24 heavy (non-hydrogen) atoms. The Kier molecular flexibility index (Phi) is 4.46. The van der Waals surface area contributed by atoms with Crippen molar-refractivity contribution in [3.63, 3.8) is 0 Å². The van der Waals surface area contributed by atoms with Crippen molar-refractivity contribution in [3.05, 3.63) is 45.7 Å². The van der Waals surface area contributed by atoms with Gasteiger partial charge in [0.2, 0.25) is 5.95 Å². The van der Waals surface area contributed by atoms with E-state index in [1.165, 1.54) is 6.08 Å². The van der Waals surface area contributed by atoms with E-state index in [0.717, 1.165) is 16.7 Å². The molecule has 0 amide bonds. The van der Waals surface area contributed by atoms with Crippen molar-refractivity contribution in [1.29, 1.82) is 0 Å². The number of rotatable bonds is 4. The molecule has 0 aromatic carbocycles. The second-order valence-corrected chi connectivity index (χ2v) is 5.81. The Hall–Kier alpha value is -2.50. The minimum atomic E-state index is -0.148. The summed E-state index contributed by atoms with van der Waals surface area (Å²) in [6.45, 7) is 7.03. The van der Waals surface area contributed by atoms with Crippen molar-refractivity contribution in [1.82, 2.24) is 14.5 Å². The summed E-state index contributed by atoms with van der Waals surface area (Å²) in [6.07, 6.45) is 4.01. The van der Waals surface area contributed by atoms with Crippen molar-refractivity contribution >= 4 is 22.6 Å². The highest BCUT2D eigenvalue weighted by Crippen LogP contribution is 2.27. The third-order valence-electron chi connectivity index (χ3n) is 4.23. The minimum absolute atomic E-state index is 0.0903. The first kappa shape index (κ1) is 16.4. The predicted molar refractivity (Wildman–Crippen MR) is 94.8 cm³/mol. The first-order valence-corrected chi connectivity index (χ1v) is 8.26. The lowest BCUT2D eigenvalue weighted by Gasteiger charge is -2.16. The summed E-state index contributed by atoms with van der Waals surface area (Å²) in [5.74, 6) is 0.379. The van der Waals surface area contributed by atoms with Gasteiger partial charge in [-0.2, -0.15) is 4.98 Å². The zero-order chi connectivity index (χ0) is 17.3. The molecule has 2 aromatic rings. The van der Waals surface area contributed by atoms with Crippen LogP contribution in [-0.4, -0.2) is 21.1 Å². The van der Waals surface area contributed by atoms with Gasteiger partial charge in [-0.15, -0.1) is 0 Å². The van der Waals surface area contributed by atoms with Gasteiger partial charge in [0.05, 0.1) is 5.69 Å². The van der Waals surface area contributed by atoms with E-state index in [1.807, 2.05) is 26.8 Å². The largest absolute Gasteiger partial charge is 0.354 e. The van der Waals surface area contributed by atoms with Gasteiger partial charge in [-0.05, 0) is 44.9 Å². The molecule has 0 saturated heterocycles. The molecule has 0 bridgehead atoms. The van der Waals surface area contributed by atoms with E-state index in [1.54, 1.807) is 10.6 Å². The van der Waals surface area contributed by atoms with Gasteiger partial charge >= 0.3 is 0 Å². The van der Waals surface area contributed by atoms with Crippen LogP contribution in [0.25, 0.3) is 16.6 Å². The average Bonchev–Trinajstić information content (AvgIpc) is 2.56. The molecule has 5 nitrogen and oxygen atoms in total. The van der Waals surface area contributed by atoms with Gasteiger partial charge in [0.15, 0.2) is 0 Å². The molecule has 3 rings (SSSR count). The number of aryl methyl sites for hydroxylation is 2. The smallest absolute Gasteiger partial charge is 0.259 e. The molecule has 0 spiro atoms. The monoisotopic (exact) mass is 328 g/mol. The maximum Gasteiger partial charge on any atom is 0.259 e. The first-order chi connectivity index (χ1) is 11.5. The number of hydrogen-bond acceptors (Lipinski definition) is 4. The van der Waals surface area contributed by atoms with Crippen molar-refractivity contribution < 1.29 is 4.39 Å². The Morgan fingerprint density at radius 2 is 2.04 bits per heavy atom. The van der Waals surface area contributed by atoms with Gasteiger partial charge in [0, 0.05) is 30.5 Å². The second-order valence-electron chi connectivity index (χ2n) is 5.81. The van der Waals surface area contributed by atoms with Gasteiger partial charge in [0.1, 0.15) is 11.5 Å². The van der Waals surface area contributed by atoms with Gasteiger partial charge in [-0.25, -0.2) is 9.37 Å². The van der Waals surface area contributed by atoms with Gasteiger partial charge in [-0.1, -0.05) is 6.08 Å². The van der Waals surface area contributed by atoms with E-state index >= 15 is 0 Å². The predicted octanol–water partition coefficient (Wildman–Crippen LogP) is 3.58. The molecule has 1 aliphatic carbocycles. The van der Waals surface area contributed by atoms with Crippen LogP contribution in [0.1, 0.15) is 37.9 Å². The number of halogens is 1. The molecule has 6 heteroatoms. The Morgan fingerprint density at radius 3 is 2.67 bits per heavy atom. The van der Waals surface area contributed by atoms with Crippen LogP contribution in [0.3, 0.4) is 0 Å². The van der Waals surface area contributed by atoms with Gasteiger partial charge in [-0.3, -0.25) is 9.36 Å². The Morgan fingerprint density at radius 1 is 1.25 bits per heavy atom. The molecule has 0 aliphatic heterocycles. The topological polar surface area (TPSA) is 59.8 Å². The fourth-order valence-electron chi connectivity index (χ4n) is 2.99. The van der Waals surface area contributed by atoms with Crippen molar-refractivity contribution in [2.75, 3.05) is 11.9 Å². The quantitative estimate of drug-likeness (QED) is 0.932. The molecule has 0 saturated carbocycles. The fourth-order valence-corrected chi connectivity index (χ4v) is 2.99. The van der Waals surface area contributed by atoms with E-state index < -0.39 is 0 Å². The van der Waals surface area contributed by atoms with Crippen LogP contribution in [0, 0.1) is 6.92 Å². The normalized spacial score (nSPS) is 14.5. The van der Waals surface area contributed by atoms with Crippen LogP contribution in [0.15, 0.2) is 28.8 Å². The standard InChI is InChI=1S/C18H21FN4O/c1-4-20-18-21-11(3)14-10-15(12-6-8-13(19)9-7-12)17(24)23(5-2)16(14)22-18/h6,8,10H,4-5,7,9H2,1-3H3,(H,20,21,22). The summed E-state index contributed by atoms with van der Waals surface area (Å²) in [6, 6.07) is 1.85. The van der Waals surface area contributed by atoms with Crippen molar-refractivity contribution in [3.8, 4) is 0 Å². The number of allylic oxidation sites excluding steroid dienone is 4. The SMILES string of the molecule is CCNc1nc(C)c2cc(C3=CC=C(F)CC3)c(=O)n(CC)c2n1. The highest BCUT2D eigenvalue weighted by atomic mass is 19.1. The van der Waals surface area contributed by atoms with Crippen LogP contribution in [0.2, 0.25) is 0 Å². The van der Waals surface area contributed by atoms with Crippen molar-refractivity contribution in [2.45, 2.75) is 40.2 Å². The molecule has 0 fully saturated rings. The molecule has 0 atom stereocenters. The number of nitrogens with zero attached hydrogens (tertiary/aromatic N) is 3. The van der Waals surface area contributed by atoms with Crippen molar-refractivity contribution in [2.24, 2.45) is 0 Å². The third-order valence-corrected chi connectivity index (χ3v) is 4.23. The van der Waals surface area contributed by atoms with Crippen LogP contribution in [0.4, 0.5) is 10.3 Å². The molecular weight excluding hydrogens is 307 g/mol. The number of aromatic nitrogens is 3. The van der Waals surface area contributed by atoms with E-state index in [0.29, 0.717) is 43.1 Å². The fraction of sp³-hybridized carbons (Fsp3) is 0.389. The molecular formula is C18H21FN4O. The summed E-state index contributed by atoms with van der Waals surface area (Å²) in [4.78, 5) is 21.9. The van der Waals surface area contributed by atoms with Crippen LogP contribution in [-0.2, 0) is 6.54 Å². The molecule has 1 N–H and O–H groups in total. The summed E-state index contributed by atoms with van der Waals surface area (Å²) in [5.41, 5.74) is 2.83. The lowest BCUT2D eigenvalue weighted by molar-refractivity contribution is 0.590. The number of pyridine rings is 1. The Balaban J connectivity index is 2.27. The maximum atomic E-state index is 13.3. The Labute approximate surface area is 139 Å². The van der Waals surface area contributed by atoms with Crippen LogP contribution >= 0.6 is 0 Å². The van der Waals surface area contributed by atoms with E-state index in [4.69, 9.17) is 0 Å². The summed E-state index contributed by atoms with van der Waals surface area (Å²) in [7, 11) is 0. The van der Waals surface area contributed by atoms with Crippen LogP contribution < -0.4 is 10.9 Å². The van der Waals surface area contributed by atoms with Crippen LogP contribution in [0.5, 0.6) is 0 Å². The lowest BCUT2D eigenvalue weighted by atomic mass is 9.97. The minimum Gasteiger partial charge on any atom is -0.354 e. The molecule has 2 aromatic heterocycles. The molecule has 0 radical (unpaired) electrons. The zero-order valence-electron chi connectivity index (χ0n) is 14.2. The highest BCUT2D eigenvalue weighted by molar-refractivity contribution is 5.83. The summed E-state index contributed by atoms with van der Waals surface area (Å²) >= 11 is 0. The average molecular weight is 328 g/mol. The number of anilines is 1. The van der Waals surface area contributed by atoms with E-state index in [2.05, 4.69) is 15.3 Å². The maximum absolute atomic E-state index is 13.3. The van der Waals surface area contributed by atoms with E-state index in [-0.39, 0.29) is 11.4 Å². The lowest BCUT2D eigenvalue weighted by Crippen LogP contribution is -2.24. The molecule has 1 aliphatic rings. The molecule has 0 unspecified atom stereocenters. The summed E-state index contributed by atoms with van der Waals surface area (Å²) < 4.78 is 14.9. The zero-order valence-corrected chi connectivity index (χ0v) is 14.2. The first-order valence-electron chi connectivity index (χ1n) is 8.26.